The highest BCUT2D eigenvalue weighted by Gasteiger charge is 2.24. The fraction of sp³-hybridized carbons (Fsp3) is 0.909. The molecule has 0 spiro atoms. The van der Waals surface area contributed by atoms with Crippen molar-refractivity contribution < 1.29 is 4.79 Å². The van der Waals surface area contributed by atoms with E-state index in [2.05, 4.69) is 15.1 Å². The van der Waals surface area contributed by atoms with Crippen molar-refractivity contribution in [1.82, 2.24) is 15.1 Å². The van der Waals surface area contributed by atoms with Gasteiger partial charge in [-0.15, -0.1) is 0 Å². The lowest BCUT2D eigenvalue weighted by Crippen LogP contribution is -2.53. The van der Waals surface area contributed by atoms with E-state index >= 15 is 0 Å². The van der Waals surface area contributed by atoms with Crippen LogP contribution in [-0.4, -0.2) is 68.1 Å². The van der Waals surface area contributed by atoms with Crippen LogP contribution in [0.1, 0.15) is 13.3 Å². The summed E-state index contributed by atoms with van der Waals surface area (Å²) < 4.78 is 0. The number of carbonyl (C=O) groups excluding carboxylic acids is 1. The number of piperazine rings is 1. The molecule has 1 saturated heterocycles. The van der Waals surface area contributed by atoms with E-state index in [1.54, 1.807) is 7.05 Å². The maximum atomic E-state index is 11.5. The highest BCUT2D eigenvalue weighted by Crippen LogP contribution is 2.06. The monoisotopic (exact) mass is 228 g/mol. The minimum absolute atomic E-state index is 0.0124. The molecule has 0 aromatic rings. The lowest BCUT2D eigenvalue weighted by molar-refractivity contribution is -0.126. The molecule has 1 heterocycles. The van der Waals surface area contributed by atoms with Gasteiger partial charge in [0, 0.05) is 33.2 Å². The summed E-state index contributed by atoms with van der Waals surface area (Å²) in [6, 6.07) is -0.0124. The Morgan fingerprint density at radius 2 is 2.00 bits per heavy atom. The molecule has 3 N–H and O–H groups in total. The van der Waals surface area contributed by atoms with Gasteiger partial charge in [0.1, 0.15) is 0 Å². The van der Waals surface area contributed by atoms with Crippen molar-refractivity contribution >= 4 is 5.91 Å². The molecule has 16 heavy (non-hydrogen) atoms. The van der Waals surface area contributed by atoms with Gasteiger partial charge in [0.2, 0.25) is 5.91 Å². The second-order valence-corrected chi connectivity index (χ2v) is 4.31. The standard InChI is InChI=1S/C11H24N4O/c1-10(11(16)13-2)15-8-6-14(7-9-15)5-3-4-12/h10H,3-9,12H2,1-2H3,(H,13,16). The third-order valence-corrected chi connectivity index (χ3v) is 3.26. The number of nitrogens with zero attached hydrogens (tertiary/aromatic N) is 2. The van der Waals surface area contributed by atoms with Gasteiger partial charge in [-0.2, -0.15) is 0 Å². The van der Waals surface area contributed by atoms with Gasteiger partial charge in [-0.05, 0) is 26.4 Å². The zero-order chi connectivity index (χ0) is 12.0. The van der Waals surface area contributed by atoms with Gasteiger partial charge in [0.15, 0.2) is 0 Å². The predicted molar refractivity (Wildman–Crippen MR) is 65.2 cm³/mol. The average Bonchev–Trinajstić information content (AvgIpc) is 2.35. The molecule has 1 unspecified atom stereocenters. The van der Waals surface area contributed by atoms with E-state index in [0.717, 1.165) is 45.7 Å². The van der Waals surface area contributed by atoms with Gasteiger partial charge in [-0.3, -0.25) is 9.69 Å². The quantitative estimate of drug-likeness (QED) is 0.639. The molecule has 1 amide bonds. The Morgan fingerprint density at radius 3 is 2.50 bits per heavy atom. The van der Waals surface area contributed by atoms with Crippen LogP contribution in [0.2, 0.25) is 0 Å². The van der Waals surface area contributed by atoms with Crippen molar-refractivity contribution in [1.29, 1.82) is 0 Å². The Hall–Kier alpha value is -0.650. The SMILES string of the molecule is CNC(=O)C(C)N1CCN(CCCN)CC1. The van der Waals surface area contributed by atoms with Crippen molar-refractivity contribution in [2.45, 2.75) is 19.4 Å². The van der Waals surface area contributed by atoms with Crippen LogP contribution in [0.4, 0.5) is 0 Å². The first-order chi connectivity index (χ1) is 7.69. The number of likely N-dealkylation sites (N-methyl/N-ethyl adjacent to an activating group) is 1. The Kier molecular flexibility index (Phi) is 5.73. The van der Waals surface area contributed by atoms with Gasteiger partial charge in [0.25, 0.3) is 0 Å². The normalized spacial score (nSPS) is 20.7. The molecule has 0 aromatic heterocycles. The van der Waals surface area contributed by atoms with E-state index in [4.69, 9.17) is 5.73 Å². The molecular weight excluding hydrogens is 204 g/mol. The van der Waals surface area contributed by atoms with Crippen molar-refractivity contribution in [3.8, 4) is 0 Å². The summed E-state index contributed by atoms with van der Waals surface area (Å²) >= 11 is 0. The molecule has 0 radical (unpaired) electrons. The van der Waals surface area contributed by atoms with Crippen molar-refractivity contribution in [3.05, 3.63) is 0 Å². The highest BCUT2D eigenvalue weighted by atomic mass is 16.2. The van der Waals surface area contributed by atoms with Gasteiger partial charge in [0.05, 0.1) is 6.04 Å². The summed E-state index contributed by atoms with van der Waals surface area (Å²) in [5, 5.41) is 2.70. The number of carbonyl (C=O) groups is 1. The number of rotatable bonds is 5. The van der Waals surface area contributed by atoms with Crippen LogP contribution in [0.15, 0.2) is 0 Å². The van der Waals surface area contributed by atoms with E-state index in [-0.39, 0.29) is 11.9 Å². The molecule has 0 aliphatic carbocycles. The van der Waals surface area contributed by atoms with Crippen LogP contribution in [0.3, 0.4) is 0 Å². The number of hydrogen-bond donors (Lipinski definition) is 2. The zero-order valence-electron chi connectivity index (χ0n) is 10.4. The van der Waals surface area contributed by atoms with Crippen molar-refractivity contribution in [2.75, 3.05) is 46.3 Å². The van der Waals surface area contributed by atoms with E-state index in [9.17, 15) is 4.79 Å². The second kappa shape index (κ2) is 6.83. The summed E-state index contributed by atoms with van der Waals surface area (Å²) in [6.45, 7) is 7.84. The summed E-state index contributed by atoms with van der Waals surface area (Å²) in [7, 11) is 1.69. The van der Waals surface area contributed by atoms with E-state index in [0.29, 0.717) is 0 Å². The smallest absolute Gasteiger partial charge is 0.236 e. The molecule has 1 atom stereocenters. The van der Waals surface area contributed by atoms with Crippen LogP contribution < -0.4 is 11.1 Å². The van der Waals surface area contributed by atoms with Crippen LogP contribution in [0.25, 0.3) is 0 Å². The Balaban J connectivity index is 2.28. The first kappa shape index (κ1) is 13.4. The summed E-state index contributed by atoms with van der Waals surface area (Å²) in [5.41, 5.74) is 5.49. The molecule has 0 bridgehead atoms. The number of nitrogens with two attached hydrogens (primary N) is 1. The molecule has 0 saturated carbocycles. The summed E-state index contributed by atoms with van der Waals surface area (Å²) in [4.78, 5) is 16.1. The fourth-order valence-electron chi connectivity index (χ4n) is 2.06. The molecule has 5 nitrogen and oxygen atoms in total. The van der Waals surface area contributed by atoms with E-state index in [1.165, 1.54) is 0 Å². The molecule has 94 valence electrons. The van der Waals surface area contributed by atoms with Crippen LogP contribution >= 0.6 is 0 Å². The van der Waals surface area contributed by atoms with E-state index in [1.807, 2.05) is 6.92 Å². The van der Waals surface area contributed by atoms with Gasteiger partial charge < -0.3 is 16.0 Å². The van der Waals surface area contributed by atoms with Crippen LogP contribution in [0.5, 0.6) is 0 Å². The fourth-order valence-corrected chi connectivity index (χ4v) is 2.06. The number of hydrogen-bond acceptors (Lipinski definition) is 4. The molecule has 1 rings (SSSR count). The minimum Gasteiger partial charge on any atom is -0.358 e. The Labute approximate surface area is 98.0 Å². The zero-order valence-corrected chi connectivity index (χ0v) is 10.4. The van der Waals surface area contributed by atoms with Crippen LogP contribution in [-0.2, 0) is 4.79 Å². The maximum Gasteiger partial charge on any atom is 0.236 e. The third-order valence-electron chi connectivity index (χ3n) is 3.26. The van der Waals surface area contributed by atoms with Crippen molar-refractivity contribution in [3.63, 3.8) is 0 Å². The molecule has 0 aromatic carbocycles. The van der Waals surface area contributed by atoms with Gasteiger partial charge in [-0.1, -0.05) is 0 Å². The number of amides is 1. The first-order valence-corrected chi connectivity index (χ1v) is 6.07. The second-order valence-electron chi connectivity index (χ2n) is 4.31. The molecule has 1 aliphatic heterocycles. The summed E-state index contributed by atoms with van der Waals surface area (Å²) in [6.07, 6.45) is 1.06. The lowest BCUT2D eigenvalue weighted by Gasteiger charge is -2.37. The Bertz CT molecular complexity index is 214. The van der Waals surface area contributed by atoms with Gasteiger partial charge in [-0.25, -0.2) is 0 Å². The average molecular weight is 228 g/mol. The first-order valence-electron chi connectivity index (χ1n) is 6.07. The van der Waals surface area contributed by atoms with E-state index < -0.39 is 0 Å². The lowest BCUT2D eigenvalue weighted by atomic mass is 10.2. The molecule has 1 fully saturated rings. The molecular formula is C11H24N4O. The predicted octanol–water partition coefficient (Wildman–Crippen LogP) is -0.913. The number of nitrogens with one attached hydrogen (secondary N) is 1. The summed E-state index contributed by atoms with van der Waals surface area (Å²) in [5.74, 6) is 0.107. The molecule has 5 heteroatoms. The van der Waals surface area contributed by atoms with Gasteiger partial charge >= 0.3 is 0 Å². The minimum atomic E-state index is -0.0124. The van der Waals surface area contributed by atoms with Crippen LogP contribution in [0, 0.1) is 0 Å². The Morgan fingerprint density at radius 1 is 1.38 bits per heavy atom. The third kappa shape index (κ3) is 3.73. The highest BCUT2D eigenvalue weighted by molar-refractivity contribution is 5.80. The molecule has 1 aliphatic rings. The maximum absolute atomic E-state index is 11.5. The van der Waals surface area contributed by atoms with Crippen molar-refractivity contribution in [2.24, 2.45) is 5.73 Å². The topological polar surface area (TPSA) is 61.6 Å². The largest absolute Gasteiger partial charge is 0.358 e.